The molecule has 0 heterocycles. The van der Waals surface area contributed by atoms with Gasteiger partial charge in [-0.3, -0.25) is 4.79 Å². The minimum atomic E-state index is -4.35. The standard InChI is InChI=1S/C8H4F3O/c9-8(10,11)7-3-1-6(5-12)2-4-7/h1-4H. The Hall–Kier alpha value is -1.32. The van der Waals surface area contributed by atoms with Gasteiger partial charge in [0.25, 0.3) is 0 Å². The van der Waals surface area contributed by atoms with Crippen LogP contribution in [-0.4, -0.2) is 6.29 Å². The Morgan fingerprint density at radius 1 is 1.08 bits per heavy atom. The van der Waals surface area contributed by atoms with Crippen LogP contribution in [0.4, 0.5) is 13.2 Å². The molecule has 1 aromatic rings. The summed E-state index contributed by atoms with van der Waals surface area (Å²) in [5.74, 6) is 0. The lowest BCUT2D eigenvalue weighted by molar-refractivity contribution is -0.137. The molecule has 0 aliphatic carbocycles. The van der Waals surface area contributed by atoms with Gasteiger partial charge < -0.3 is 0 Å². The number of alkyl halides is 3. The van der Waals surface area contributed by atoms with Gasteiger partial charge in [0.05, 0.1) is 5.56 Å². The lowest BCUT2D eigenvalue weighted by atomic mass is 10.1. The number of hydrogen-bond donors (Lipinski definition) is 0. The first-order valence-electron chi connectivity index (χ1n) is 3.09. The molecule has 0 N–H and O–H groups in total. The van der Waals surface area contributed by atoms with E-state index in [4.69, 9.17) is 0 Å². The van der Waals surface area contributed by atoms with Crippen LogP contribution in [0.25, 0.3) is 0 Å². The molecule has 0 spiro atoms. The Bertz CT molecular complexity index is 273. The van der Waals surface area contributed by atoms with Crippen molar-refractivity contribution in [2.45, 2.75) is 6.18 Å². The molecule has 1 radical (unpaired) electrons. The van der Waals surface area contributed by atoms with Crippen molar-refractivity contribution >= 4 is 6.29 Å². The average Bonchev–Trinajstić information content (AvgIpc) is 2.03. The maximum absolute atomic E-state index is 11.9. The molecule has 0 saturated carbocycles. The molecule has 1 nitrogen and oxygen atoms in total. The van der Waals surface area contributed by atoms with E-state index >= 15 is 0 Å². The second-order valence-electron chi connectivity index (χ2n) is 2.18. The first-order valence-corrected chi connectivity index (χ1v) is 3.09. The summed E-state index contributed by atoms with van der Waals surface area (Å²) in [5, 5.41) is 0. The third kappa shape index (κ3) is 1.84. The van der Waals surface area contributed by atoms with E-state index in [0.717, 1.165) is 24.3 Å². The molecule has 0 atom stereocenters. The van der Waals surface area contributed by atoms with Gasteiger partial charge in [0.1, 0.15) is 0 Å². The summed E-state index contributed by atoms with van der Waals surface area (Å²) < 4.78 is 35.8. The van der Waals surface area contributed by atoms with Crippen molar-refractivity contribution in [2.75, 3.05) is 0 Å². The fourth-order valence-corrected chi connectivity index (χ4v) is 0.727. The predicted octanol–water partition coefficient (Wildman–Crippen LogP) is 2.16. The van der Waals surface area contributed by atoms with Gasteiger partial charge in [0.2, 0.25) is 6.29 Å². The third-order valence-electron chi connectivity index (χ3n) is 1.33. The van der Waals surface area contributed by atoms with Crippen molar-refractivity contribution in [2.24, 2.45) is 0 Å². The third-order valence-corrected chi connectivity index (χ3v) is 1.33. The summed E-state index contributed by atoms with van der Waals surface area (Å²) in [6.07, 6.45) is -2.86. The highest BCUT2D eigenvalue weighted by molar-refractivity contribution is 5.75. The van der Waals surface area contributed by atoms with Crippen LogP contribution in [0.5, 0.6) is 0 Å². The number of benzene rings is 1. The van der Waals surface area contributed by atoms with Crippen molar-refractivity contribution in [1.82, 2.24) is 0 Å². The Labute approximate surface area is 66.8 Å². The predicted molar refractivity (Wildman–Crippen MR) is 36.2 cm³/mol. The monoisotopic (exact) mass is 173 g/mol. The molecule has 0 aliphatic heterocycles. The SMILES string of the molecule is O=[C]c1ccc(C(F)(F)F)cc1. The Morgan fingerprint density at radius 3 is 1.92 bits per heavy atom. The summed E-state index contributed by atoms with van der Waals surface area (Å²) in [7, 11) is 0. The van der Waals surface area contributed by atoms with E-state index in [1.165, 1.54) is 6.29 Å². The molecule has 0 fully saturated rings. The number of carbonyl (C=O) groups excluding carboxylic acids is 1. The molecule has 0 aromatic heterocycles. The highest BCUT2D eigenvalue weighted by atomic mass is 19.4. The second kappa shape index (κ2) is 2.97. The van der Waals surface area contributed by atoms with E-state index in [2.05, 4.69) is 0 Å². The summed E-state index contributed by atoms with van der Waals surface area (Å²) in [5.41, 5.74) is -0.649. The summed E-state index contributed by atoms with van der Waals surface area (Å²) in [4.78, 5) is 9.96. The highest BCUT2D eigenvalue weighted by Gasteiger charge is 2.29. The minimum absolute atomic E-state index is 0.114. The smallest absolute Gasteiger partial charge is 0.285 e. The molecule has 1 aromatic carbocycles. The van der Waals surface area contributed by atoms with Gasteiger partial charge in [-0.05, 0) is 12.1 Å². The van der Waals surface area contributed by atoms with Crippen molar-refractivity contribution in [3.63, 3.8) is 0 Å². The molecule has 0 amide bonds. The van der Waals surface area contributed by atoms with E-state index < -0.39 is 11.7 Å². The lowest BCUT2D eigenvalue weighted by Crippen LogP contribution is -2.04. The molecular formula is C8H4F3O. The highest BCUT2D eigenvalue weighted by Crippen LogP contribution is 2.28. The van der Waals surface area contributed by atoms with Crippen LogP contribution in [0, 0.1) is 0 Å². The molecule has 63 valence electrons. The van der Waals surface area contributed by atoms with Crippen molar-refractivity contribution in [1.29, 1.82) is 0 Å². The van der Waals surface area contributed by atoms with Gasteiger partial charge in [-0.15, -0.1) is 0 Å². The first kappa shape index (κ1) is 8.77. The van der Waals surface area contributed by atoms with E-state index in [1.807, 2.05) is 0 Å². The van der Waals surface area contributed by atoms with Crippen LogP contribution in [-0.2, 0) is 11.0 Å². The van der Waals surface area contributed by atoms with Gasteiger partial charge in [-0.25, -0.2) is 0 Å². The van der Waals surface area contributed by atoms with Crippen molar-refractivity contribution in [3.05, 3.63) is 35.4 Å². The number of rotatable bonds is 1. The molecular weight excluding hydrogens is 169 g/mol. The molecule has 0 aliphatic rings. The molecule has 0 saturated heterocycles. The van der Waals surface area contributed by atoms with Gasteiger partial charge in [0, 0.05) is 5.56 Å². The van der Waals surface area contributed by atoms with Gasteiger partial charge >= 0.3 is 6.18 Å². The molecule has 0 bridgehead atoms. The van der Waals surface area contributed by atoms with E-state index in [1.54, 1.807) is 0 Å². The van der Waals surface area contributed by atoms with Gasteiger partial charge in [0.15, 0.2) is 0 Å². The molecule has 1 rings (SSSR count). The van der Waals surface area contributed by atoms with Gasteiger partial charge in [-0.1, -0.05) is 12.1 Å². The molecule has 4 heteroatoms. The number of hydrogen-bond acceptors (Lipinski definition) is 1. The normalized spacial score (nSPS) is 11.2. The maximum Gasteiger partial charge on any atom is 0.416 e. The molecule has 12 heavy (non-hydrogen) atoms. The fraction of sp³-hybridized carbons (Fsp3) is 0.125. The average molecular weight is 173 g/mol. The fourth-order valence-electron chi connectivity index (χ4n) is 0.727. The minimum Gasteiger partial charge on any atom is -0.285 e. The Balaban J connectivity index is 3.00. The first-order chi connectivity index (χ1) is 5.54. The van der Waals surface area contributed by atoms with Gasteiger partial charge in [-0.2, -0.15) is 13.2 Å². The Kier molecular flexibility index (Phi) is 2.17. The maximum atomic E-state index is 11.9. The van der Waals surface area contributed by atoms with Crippen LogP contribution in [0.15, 0.2) is 24.3 Å². The van der Waals surface area contributed by atoms with Crippen LogP contribution in [0.1, 0.15) is 11.1 Å². The zero-order chi connectivity index (χ0) is 9.19. The zero-order valence-electron chi connectivity index (χ0n) is 5.85. The summed E-state index contributed by atoms with van der Waals surface area (Å²) in [6.45, 7) is 0. The number of halogens is 3. The van der Waals surface area contributed by atoms with E-state index in [9.17, 15) is 18.0 Å². The summed E-state index contributed by atoms with van der Waals surface area (Å²) >= 11 is 0. The quantitative estimate of drug-likeness (QED) is 0.636. The largest absolute Gasteiger partial charge is 0.416 e. The van der Waals surface area contributed by atoms with Crippen molar-refractivity contribution < 1.29 is 18.0 Å². The van der Waals surface area contributed by atoms with Crippen LogP contribution in [0.3, 0.4) is 0 Å². The van der Waals surface area contributed by atoms with Crippen LogP contribution in [0.2, 0.25) is 0 Å². The second-order valence-corrected chi connectivity index (χ2v) is 2.18. The summed E-state index contributed by atoms with van der Waals surface area (Å²) in [6, 6.07) is 3.85. The van der Waals surface area contributed by atoms with Crippen LogP contribution < -0.4 is 0 Å². The van der Waals surface area contributed by atoms with E-state index in [0.29, 0.717) is 0 Å². The van der Waals surface area contributed by atoms with E-state index in [-0.39, 0.29) is 5.56 Å². The van der Waals surface area contributed by atoms with Crippen molar-refractivity contribution in [3.8, 4) is 0 Å². The van der Waals surface area contributed by atoms with Crippen LogP contribution >= 0.6 is 0 Å². The lowest BCUT2D eigenvalue weighted by Gasteiger charge is -2.04. The Morgan fingerprint density at radius 2 is 1.58 bits per heavy atom. The molecule has 0 unspecified atom stereocenters. The zero-order valence-corrected chi connectivity index (χ0v) is 5.85. The topological polar surface area (TPSA) is 17.1 Å².